The number of aryl methyl sites for hydroxylation is 1. The van der Waals surface area contributed by atoms with Gasteiger partial charge in [0.25, 0.3) is 0 Å². The predicted octanol–water partition coefficient (Wildman–Crippen LogP) is 3.26. The van der Waals surface area contributed by atoms with Crippen molar-refractivity contribution in [2.24, 2.45) is 5.92 Å². The number of carbonyl (C=O) groups excluding carboxylic acids is 1. The number of amides is 2. The van der Waals surface area contributed by atoms with Gasteiger partial charge < -0.3 is 15.7 Å². The number of rotatable bonds is 7. The van der Waals surface area contributed by atoms with Gasteiger partial charge in [-0.1, -0.05) is 39.3 Å². The molecule has 0 spiro atoms. The van der Waals surface area contributed by atoms with Crippen LogP contribution in [0.25, 0.3) is 0 Å². The number of nitrogens with one attached hydrogen (secondary N) is 2. The third-order valence-corrected chi connectivity index (χ3v) is 3.06. The van der Waals surface area contributed by atoms with Crippen molar-refractivity contribution in [3.63, 3.8) is 0 Å². The van der Waals surface area contributed by atoms with Crippen LogP contribution >= 0.6 is 0 Å². The normalized spacial score (nSPS) is 12.0. The van der Waals surface area contributed by atoms with Gasteiger partial charge >= 0.3 is 12.0 Å². The molecule has 0 aromatic heterocycles. The van der Waals surface area contributed by atoms with Crippen molar-refractivity contribution in [3.05, 3.63) is 29.8 Å². The van der Waals surface area contributed by atoms with Crippen LogP contribution < -0.4 is 10.6 Å². The zero-order valence-electron chi connectivity index (χ0n) is 12.8. The molecule has 0 saturated heterocycles. The quantitative estimate of drug-likeness (QED) is 0.721. The zero-order valence-corrected chi connectivity index (χ0v) is 12.8. The lowest BCUT2D eigenvalue weighted by atomic mass is 10.0. The molecule has 1 atom stereocenters. The van der Waals surface area contributed by atoms with Crippen molar-refractivity contribution in [2.75, 3.05) is 5.32 Å². The Morgan fingerprint density at radius 1 is 1.19 bits per heavy atom. The smallest absolute Gasteiger partial charge is 0.326 e. The fraction of sp³-hybridized carbons (Fsp3) is 0.500. The number of hydrogen-bond acceptors (Lipinski definition) is 2. The summed E-state index contributed by atoms with van der Waals surface area (Å²) in [7, 11) is 0. The maximum atomic E-state index is 11.8. The van der Waals surface area contributed by atoms with E-state index in [1.807, 2.05) is 38.1 Å². The molecule has 0 radical (unpaired) electrons. The summed E-state index contributed by atoms with van der Waals surface area (Å²) in [4.78, 5) is 22.9. The molecular formula is C16H24N2O3. The first-order chi connectivity index (χ1) is 9.92. The van der Waals surface area contributed by atoms with Crippen molar-refractivity contribution < 1.29 is 14.7 Å². The Balaban J connectivity index is 2.57. The van der Waals surface area contributed by atoms with Gasteiger partial charge in [-0.15, -0.1) is 0 Å². The largest absolute Gasteiger partial charge is 0.480 e. The average molecular weight is 292 g/mol. The van der Waals surface area contributed by atoms with Gasteiger partial charge in [0.1, 0.15) is 6.04 Å². The second-order valence-corrected chi connectivity index (χ2v) is 5.57. The molecule has 0 aliphatic carbocycles. The summed E-state index contributed by atoms with van der Waals surface area (Å²) in [6.45, 7) is 5.95. The van der Waals surface area contributed by atoms with E-state index in [-0.39, 0.29) is 5.92 Å². The highest BCUT2D eigenvalue weighted by Gasteiger charge is 2.20. The lowest BCUT2D eigenvalue weighted by Gasteiger charge is -2.17. The summed E-state index contributed by atoms with van der Waals surface area (Å²) in [6.07, 6.45) is 2.48. The minimum absolute atomic E-state index is 0.194. The van der Waals surface area contributed by atoms with Crippen LogP contribution in [-0.2, 0) is 11.2 Å². The Morgan fingerprint density at radius 2 is 1.81 bits per heavy atom. The van der Waals surface area contributed by atoms with Gasteiger partial charge in [0, 0.05) is 5.69 Å². The minimum atomic E-state index is -1.02. The van der Waals surface area contributed by atoms with E-state index in [1.165, 1.54) is 5.56 Å². The van der Waals surface area contributed by atoms with E-state index in [1.54, 1.807) is 0 Å². The molecule has 5 nitrogen and oxygen atoms in total. The summed E-state index contributed by atoms with van der Waals surface area (Å²) in [5, 5.41) is 14.2. The third-order valence-electron chi connectivity index (χ3n) is 3.06. The molecule has 0 heterocycles. The highest BCUT2D eigenvalue weighted by atomic mass is 16.4. The molecule has 1 aromatic rings. The van der Waals surface area contributed by atoms with Gasteiger partial charge in [0.05, 0.1) is 0 Å². The number of benzene rings is 1. The maximum Gasteiger partial charge on any atom is 0.326 e. The number of carboxylic acid groups (broad SMARTS) is 1. The van der Waals surface area contributed by atoms with E-state index in [0.717, 1.165) is 12.8 Å². The Kier molecular flexibility index (Phi) is 6.72. The van der Waals surface area contributed by atoms with Crippen LogP contribution in [0.15, 0.2) is 24.3 Å². The first-order valence-corrected chi connectivity index (χ1v) is 7.31. The van der Waals surface area contributed by atoms with E-state index >= 15 is 0 Å². The van der Waals surface area contributed by atoms with Crippen LogP contribution in [-0.4, -0.2) is 23.1 Å². The summed E-state index contributed by atoms with van der Waals surface area (Å²) < 4.78 is 0. The third kappa shape index (κ3) is 6.29. The SMILES string of the molecule is CCCc1ccc(NC(=O)N[C@@H](CC(C)C)C(=O)O)cc1. The first-order valence-electron chi connectivity index (χ1n) is 7.31. The van der Waals surface area contributed by atoms with Crippen molar-refractivity contribution in [1.29, 1.82) is 0 Å². The summed E-state index contributed by atoms with van der Waals surface area (Å²) in [5.41, 5.74) is 1.87. The summed E-state index contributed by atoms with van der Waals surface area (Å²) >= 11 is 0. The second kappa shape index (κ2) is 8.29. The van der Waals surface area contributed by atoms with Crippen LogP contribution in [0.5, 0.6) is 0 Å². The molecule has 1 rings (SSSR count). The fourth-order valence-electron chi connectivity index (χ4n) is 2.06. The van der Waals surface area contributed by atoms with Gasteiger partial charge in [0.15, 0.2) is 0 Å². The molecule has 0 aliphatic heterocycles. The molecule has 0 bridgehead atoms. The number of anilines is 1. The monoisotopic (exact) mass is 292 g/mol. The van der Waals surface area contributed by atoms with Crippen molar-refractivity contribution in [1.82, 2.24) is 5.32 Å². The predicted molar refractivity (Wildman–Crippen MR) is 83.5 cm³/mol. The maximum absolute atomic E-state index is 11.8. The molecule has 21 heavy (non-hydrogen) atoms. The highest BCUT2D eigenvalue weighted by Crippen LogP contribution is 2.11. The van der Waals surface area contributed by atoms with Crippen molar-refractivity contribution in [2.45, 2.75) is 46.1 Å². The van der Waals surface area contributed by atoms with Crippen LogP contribution in [0.2, 0.25) is 0 Å². The van der Waals surface area contributed by atoms with E-state index < -0.39 is 18.0 Å². The standard InChI is InChI=1S/C16H24N2O3/c1-4-5-12-6-8-13(9-7-12)17-16(21)18-14(15(19)20)10-11(2)3/h6-9,11,14H,4-5,10H2,1-3H3,(H,19,20)(H2,17,18,21)/t14-/m0/s1. The lowest BCUT2D eigenvalue weighted by Crippen LogP contribution is -2.43. The Morgan fingerprint density at radius 3 is 2.29 bits per heavy atom. The summed E-state index contributed by atoms with van der Waals surface area (Å²) in [6, 6.07) is 6.20. The molecule has 0 saturated carbocycles. The Hall–Kier alpha value is -2.04. The van der Waals surface area contributed by atoms with Gasteiger partial charge in [-0.2, -0.15) is 0 Å². The molecule has 0 unspecified atom stereocenters. The number of hydrogen-bond donors (Lipinski definition) is 3. The lowest BCUT2D eigenvalue weighted by molar-refractivity contribution is -0.139. The molecule has 3 N–H and O–H groups in total. The van der Waals surface area contributed by atoms with Gasteiger partial charge in [-0.3, -0.25) is 0 Å². The number of carboxylic acids is 1. The molecule has 2 amide bonds. The van der Waals surface area contributed by atoms with Gasteiger partial charge in [-0.25, -0.2) is 9.59 Å². The Labute approximate surface area is 125 Å². The number of carbonyl (C=O) groups is 2. The summed E-state index contributed by atoms with van der Waals surface area (Å²) in [5.74, 6) is -0.822. The van der Waals surface area contributed by atoms with Crippen molar-refractivity contribution in [3.8, 4) is 0 Å². The van der Waals surface area contributed by atoms with Crippen molar-refractivity contribution >= 4 is 17.7 Å². The van der Waals surface area contributed by atoms with E-state index in [9.17, 15) is 9.59 Å². The average Bonchev–Trinajstić information content (AvgIpc) is 2.40. The molecule has 116 valence electrons. The number of aliphatic carboxylic acids is 1. The highest BCUT2D eigenvalue weighted by molar-refractivity contribution is 5.92. The van der Waals surface area contributed by atoms with Crippen LogP contribution in [0.4, 0.5) is 10.5 Å². The molecular weight excluding hydrogens is 268 g/mol. The topological polar surface area (TPSA) is 78.4 Å². The fourth-order valence-corrected chi connectivity index (χ4v) is 2.06. The zero-order chi connectivity index (χ0) is 15.8. The molecule has 1 aromatic carbocycles. The van der Waals surface area contributed by atoms with E-state index in [2.05, 4.69) is 17.6 Å². The van der Waals surface area contributed by atoms with Crippen LogP contribution in [0.1, 0.15) is 39.2 Å². The number of urea groups is 1. The van der Waals surface area contributed by atoms with Gasteiger partial charge in [0.2, 0.25) is 0 Å². The van der Waals surface area contributed by atoms with Crippen LogP contribution in [0.3, 0.4) is 0 Å². The molecule has 0 fully saturated rings. The van der Waals surface area contributed by atoms with E-state index in [0.29, 0.717) is 12.1 Å². The van der Waals surface area contributed by atoms with Crippen LogP contribution in [0, 0.1) is 5.92 Å². The minimum Gasteiger partial charge on any atom is -0.480 e. The Bertz CT molecular complexity index is 469. The molecule has 0 aliphatic rings. The molecule has 5 heteroatoms. The first kappa shape index (κ1) is 17.0. The van der Waals surface area contributed by atoms with E-state index in [4.69, 9.17) is 5.11 Å². The second-order valence-electron chi connectivity index (χ2n) is 5.57. The van der Waals surface area contributed by atoms with Gasteiger partial charge in [-0.05, 0) is 36.5 Å².